The third kappa shape index (κ3) is 3.09. The Morgan fingerprint density at radius 3 is 2.39 bits per heavy atom. The molecular weight excluding hydrogens is 232 g/mol. The summed E-state index contributed by atoms with van der Waals surface area (Å²) in [5.41, 5.74) is 2.11. The summed E-state index contributed by atoms with van der Waals surface area (Å²) in [6.45, 7) is 5.78. The normalized spacial score (nSPS) is 10.5. The molecule has 0 aromatic heterocycles. The molecule has 0 fully saturated rings. The van der Waals surface area contributed by atoms with Crippen LogP contribution in [0.5, 0.6) is 5.75 Å². The summed E-state index contributed by atoms with van der Waals surface area (Å²) >= 11 is 0. The fraction of sp³-hybridized carbons (Fsp3) is 0.429. The summed E-state index contributed by atoms with van der Waals surface area (Å²) in [5, 5.41) is 8.67. The smallest absolute Gasteiger partial charge is 0.311 e. The van der Waals surface area contributed by atoms with Gasteiger partial charge in [0.05, 0.1) is 7.11 Å². The SMILES string of the molecule is COc1cc(C)c(C(=O)CC(=O)O)cc1C(C)C. The molecule has 4 nitrogen and oxygen atoms in total. The van der Waals surface area contributed by atoms with E-state index in [-0.39, 0.29) is 11.7 Å². The fourth-order valence-corrected chi connectivity index (χ4v) is 1.86. The van der Waals surface area contributed by atoms with Crippen LogP contribution < -0.4 is 4.74 Å². The first-order valence-corrected chi connectivity index (χ1v) is 5.80. The van der Waals surface area contributed by atoms with E-state index in [1.165, 1.54) is 0 Å². The maximum atomic E-state index is 11.8. The molecule has 1 N–H and O–H groups in total. The standard InChI is InChI=1S/C14H18O4/c1-8(2)10-6-11(12(15)7-14(16)17)9(3)5-13(10)18-4/h5-6,8H,7H2,1-4H3,(H,16,17). The van der Waals surface area contributed by atoms with Crippen molar-refractivity contribution in [2.75, 3.05) is 7.11 Å². The minimum absolute atomic E-state index is 0.205. The number of hydrogen-bond acceptors (Lipinski definition) is 3. The lowest BCUT2D eigenvalue weighted by Gasteiger charge is -2.15. The van der Waals surface area contributed by atoms with Gasteiger partial charge in [0.1, 0.15) is 12.2 Å². The number of aliphatic carboxylic acids is 1. The van der Waals surface area contributed by atoms with Gasteiger partial charge >= 0.3 is 5.97 Å². The van der Waals surface area contributed by atoms with Gasteiger partial charge in [0.25, 0.3) is 0 Å². The molecule has 18 heavy (non-hydrogen) atoms. The highest BCUT2D eigenvalue weighted by atomic mass is 16.5. The minimum atomic E-state index is -1.11. The van der Waals surface area contributed by atoms with Gasteiger partial charge in [0.2, 0.25) is 0 Å². The van der Waals surface area contributed by atoms with Crippen molar-refractivity contribution in [3.05, 3.63) is 28.8 Å². The molecule has 0 spiro atoms. The molecule has 0 heterocycles. The third-order valence-corrected chi connectivity index (χ3v) is 2.81. The predicted octanol–water partition coefficient (Wildman–Crippen LogP) is 2.78. The molecule has 0 radical (unpaired) electrons. The number of hydrogen-bond donors (Lipinski definition) is 1. The summed E-state index contributed by atoms with van der Waals surface area (Å²) in [4.78, 5) is 22.4. The monoisotopic (exact) mass is 250 g/mol. The van der Waals surface area contributed by atoms with Crippen molar-refractivity contribution in [2.24, 2.45) is 0 Å². The van der Waals surface area contributed by atoms with Crippen molar-refractivity contribution in [2.45, 2.75) is 33.1 Å². The molecule has 0 saturated heterocycles. The van der Waals surface area contributed by atoms with E-state index in [0.717, 1.165) is 16.9 Å². The summed E-state index contributed by atoms with van der Waals surface area (Å²) in [6, 6.07) is 3.52. The predicted molar refractivity (Wildman–Crippen MR) is 68.4 cm³/mol. The molecule has 0 aliphatic rings. The van der Waals surface area contributed by atoms with Gasteiger partial charge in [-0.2, -0.15) is 0 Å². The Hall–Kier alpha value is -1.84. The molecule has 0 unspecified atom stereocenters. The van der Waals surface area contributed by atoms with Crippen LogP contribution >= 0.6 is 0 Å². The van der Waals surface area contributed by atoms with Gasteiger partial charge in [0.15, 0.2) is 5.78 Å². The first-order valence-electron chi connectivity index (χ1n) is 5.80. The maximum Gasteiger partial charge on any atom is 0.311 e. The second kappa shape index (κ2) is 5.67. The number of carboxylic acid groups (broad SMARTS) is 1. The van der Waals surface area contributed by atoms with Gasteiger partial charge in [-0.25, -0.2) is 0 Å². The summed E-state index contributed by atoms with van der Waals surface area (Å²) in [5.74, 6) is -0.544. The van der Waals surface area contributed by atoms with Crippen LogP contribution in [0.25, 0.3) is 0 Å². The summed E-state index contributed by atoms with van der Waals surface area (Å²) < 4.78 is 5.28. The van der Waals surface area contributed by atoms with E-state index >= 15 is 0 Å². The zero-order valence-electron chi connectivity index (χ0n) is 11.1. The zero-order chi connectivity index (χ0) is 13.9. The molecule has 4 heteroatoms. The van der Waals surface area contributed by atoms with Gasteiger partial charge in [-0.1, -0.05) is 13.8 Å². The topological polar surface area (TPSA) is 63.6 Å². The van der Waals surface area contributed by atoms with E-state index < -0.39 is 12.4 Å². The number of carboxylic acids is 1. The Bertz CT molecular complexity index is 475. The number of ether oxygens (including phenoxy) is 1. The highest BCUT2D eigenvalue weighted by molar-refractivity contribution is 6.06. The van der Waals surface area contributed by atoms with Crippen LogP contribution in [0.15, 0.2) is 12.1 Å². The summed E-state index contributed by atoms with van der Waals surface area (Å²) in [6.07, 6.45) is -0.481. The van der Waals surface area contributed by atoms with Crippen molar-refractivity contribution in [1.29, 1.82) is 0 Å². The fourth-order valence-electron chi connectivity index (χ4n) is 1.86. The molecule has 0 saturated carbocycles. The molecule has 0 bridgehead atoms. The van der Waals surface area contributed by atoms with Crippen LogP contribution in [0, 0.1) is 6.92 Å². The largest absolute Gasteiger partial charge is 0.496 e. The van der Waals surface area contributed by atoms with Crippen LogP contribution in [0.1, 0.15) is 47.7 Å². The Morgan fingerprint density at radius 1 is 1.33 bits per heavy atom. The Morgan fingerprint density at radius 2 is 1.94 bits per heavy atom. The number of carbonyl (C=O) groups excluding carboxylic acids is 1. The average Bonchev–Trinajstić information content (AvgIpc) is 2.26. The van der Waals surface area contributed by atoms with Crippen molar-refractivity contribution in [3.63, 3.8) is 0 Å². The number of rotatable bonds is 5. The number of benzene rings is 1. The quantitative estimate of drug-likeness (QED) is 0.644. The van der Waals surface area contributed by atoms with Crippen molar-refractivity contribution in [1.82, 2.24) is 0 Å². The molecule has 0 aliphatic heterocycles. The lowest BCUT2D eigenvalue weighted by atomic mass is 9.94. The van der Waals surface area contributed by atoms with Gasteiger partial charge < -0.3 is 9.84 Å². The van der Waals surface area contributed by atoms with Gasteiger partial charge in [-0.05, 0) is 36.1 Å². The number of methoxy groups -OCH3 is 1. The van der Waals surface area contributed by atoms with Gasteiger partial charge in [0, 0.05) is 5.56 Å². The molecule has 1 aromatic carbocycles. The summed E-state index contributed by atoms with van der Waals surface area (Å²) in [7, 11) is 1.58. The second-order valence-corrected chi connectivity index (χ2v) is 4.56. The van der Waals surface area contributed by atoms with E-state index in [4.69, 9.17) is 9.84 Å². The second-order valence-electron chi connectivity index (χ2n) is 4.56. The van der Waals surface area contributed by atoms with Crippen molar-refractivity contribution in [3.8, 4) is 5.75 Å². The average molecular weight is 250 g/mol. The van der Waals surface area contributed by atoms with E-state index in [9.17, 15) is 9.59 Å². The molecule has 0 amide bonds. The lowest BCUT2D eigenvalue weighted by molar-refractivity contribution is -0.135. The van der Waals surface area contributed by atoms with Crippen LogP contribution in [-0.4, -0.2) is 24.0 Å². The number of carbonyl (C=O) groups is 2. The van der Waals surface area contributed by atoms with Crippen LogP contribution in [0.3, 0.4) is 0 Å². The number of aryl methyl sites for hydroxylation is 1. The minimum Gasteiger partial charge on any atom is -0.496 e. The van der Waals surface area contributed by atoms with Crippen molar-refractivity contribution >= 4 is 11.8 Å². The Kier molecular flexibility index (Phi) is 4.48. The lowest BCUT2D eigenvalue weighted by Crippen LogP contribution is -2.10. The van der Waals surface area contributed by atoms with E-state index in [0.29, 0.717) is 5.56 Å². The van der Waals surface area contributed by atoms with Crippen LogP contribution in [0.4, 0.5) is 0 Å². The highest BCUT2D eigenvalue weighted by Crippen LogP contribution is 2.30. The van der Waals surface area contributed by atoms with Gasteiger partial charge in [-0.15, -0.1) is 0 Å². The zero-order valence-corrected chi connectivity index (χ0v) is 11.1. The first kappa shape index (κ1) is 14.2. The maximum absolute atomic E-state index is 11.8. The third-order valence-electron chi connectivity index (χ3n) is 2.81. The molecule has 1 aromatic rings. The Balaban J connectivity index is 3.25. The Labute approximate surface area is 107 Å². The molecular formula is C14H18O4. The first-order chi connectivity index (χ1) is 8.36. The molecule has 0 atom stereocenters. The van der Waals surface area contributed by atoms with E-state index in [1.807, 2.05) is 13.8 Å². The van der Waals surface area contributed by atoms with E-state index in [2.05, 4.69) is 0 Å². The van der Waals surface area contributed by atoms with E-state index in [1.54, 1.807) is 26.2 Å². The van der Waals surface area contributed by atoms with Crippen molar-refractivity contribution < 1.29 is 19.4 Å². The molecule has 0 aliphatic carbocycles. The highest BCUT2D eigenvalue weighted by Gasteiger charge is 2.17. The van der Waals surface area contributed by atoms with Crippen LogP contribution in [-0.2, 0) is 4.79 Å². The number of ketones is 1. The van der Waals surface area contributed by atoms with Crippen LogP contribution in [0.2, 0.25) is 0 Å². The van der Waals surface area contributed by atoms with Gasteiger partial charge in [-0.3, -0.25) is 9.59 Å². The molecule has 1 rings (SSSR count). The number of Topliss-reactive ketones (excluding diaryl/α,β-unsaturated/α-hetero) is 1. The molecule has 98 valence electrons.